The van der Waals surface area contributed by atoms with Crippen LogP contribution in [-0.2, 0) is 0 Å². The molecule has 0 radical (unpaired) electrons. The van der Waals surface area contributed by atoms with E-state index >= 15 is 0 Å². The first kappa shape index (κ1) is 36.9. The molecule has 0 unspecified atom stereocenters. The Balaban J connectivity index is 0.893. The second-order valence-electron chi connectivity index (χ2n) is 16.4. The van der Waals surface area contributed by atoms with Crippen molar-refractivity contribution >= 4 is 102 Å². The summed E-state index contributed by atoms with van der Waals surface area (Å²) in [5, 5.41) is 7.55. The summed E-state index contributed by atoms with van der Waals surface area (Å²) in [7, 11) is 0. The molecule has 0 saturated carbocycles. The van der Waals surface area contributed by atoms with Gasteiger partial charge in [-0.25, -0.2) is 0 Å². The third-order valence-corrected chi connectivity index (χ3v) is 15.1. The van der Waals surface area contributed by atoms with Gasteiger partial charge in [0.05, 0.1) is 0 Å². The third-order valence-electron chi connectivity index (χ3n) is 12.7. The predicted molar refractivity (Wildman–Crippen MR) is 276 cm³/mol. The summed E-state index contributed by atoms with van der Waals surface area (Å²) < 4.78 is 11.5. The smallest absolute Gasteiger partial charge is 0.136 e. The Morgan fingerprint density at radius 3 is 1.53 bits per heavy atom. The van der Waals surface area contributed by atoms with Crippen LogP contribution in [0.2, 0.25) is 0 Å². The Morgan fingerprint density at radius 1 is 0.297 bits per heavy atom. The second kappa shape index (κ2) is 15.0. The number of hydrogen-bond acceptors (Lipinski definition) is 4. The molecule has 0 aliphatic carbocycles. The first-order valence-electron chi connectivity index (χ1n) is 21.6. The molecule has 0 N–H and O–H groups in total. The summed E-state index contributed by atoms with van der Waals surface area (Å²) in [6.45, 7) is 0. The molecule has 0 aliphatic rings. The number of thiophene rings is 2. The summed E-state index contributed by atoms with van der Waals surface area (Å²) in [6.07, 6.45) is 0. The summed E-state index contributed by atoms with van der Waals surface area (Å²) in [5.74, 6) is 0. The lowest BCUT2D eigenvalue weighted by Crippen LogP contribution is -2.09. The van der Waals surface area contributed by atoms with Gasteiger partial charge in [0.2, 0.25) is 0 Å². The van der Waals surface area contributed by atoms with Crippen molar-refractivity contribution < 1.29 is 4.42 Å². The minimum absolute atomic E-state index is 0.901. The van der Waals surface area contributed by atoms with Gasteiger partial charge < -0.3 is 9.32 Å². The van der Waals surface area contributed by atoms with Crippen molar-refractivity contribution in [1.82, 2.24) is 0 Å². The van der Waals surface area contributed by atoms with Gasteiger partial charge in [0, 0.05) is 68.2 Å². The average molecular weight is 852 g/mol. The molecule has 0 spiro atoms. The van der Waals surface area contributed by atoms with Crippen LogP contribution in [0.4, 0.5) is 17.1 Å². The Morgan fingerprint density at radius 2 is 0.797 bits per heavy atom. The van der Waals surface area contributed by atoms with E-state index in [4.69, 9.17) is 4.42 Å². The highest BCUT2D eigenvalue weighted by Gasteiger charge is 2.18. The first-order valence-corrected chi connectivity index (χ1v) is 23.3. The normalized spacial score (nSPS) is 11.8. The monoisotopic (exact) mass is 851 g/mol. The van der Waals surface area contributed by atoms with Gasteiger partial charge in [-0.3, -0.25) is 0 Å². The van der Waals surface area contributed by atoms with Gasteiger partial charge in [0.1, 0.15) is 11.2 Å². The van der Waals surface area contributed by atoms with Gasteiger partial charge in [-0.1, -0.05) is 152 Å². The van der Waals surface area contributed by atoms with E-state index in [2.05, 4.69) is 217 Å². The van der Waals surface area contributed by atoms with Crippen LogP contribution in [-0.4, -0.2) is 0 Å². The molecule has 0 saturated heterocycles. The largest absolute Gasteiger partial charge is 0.456 e. The van der Waals surface area contributed by atoms with Crippen LogP contribution in [0.15, 0.2) is 229 Å². The molecule has 0 bridgehead atoms. The van der Waals surface area contributed by atoms with E-state index in [1.54, 1.807) is 0 Å². The number of benzene rings is 10. The minimum Gasteiger partial charge on any atom is -0.456 e. The topological polar surface area (TPSA) is 16.4 Å². The minimum atomic E-state index is 0.901. The van der Waals surface area contributed by atoms with Gasteiger partial charge in [0.25, 0.3) is 0 Å². The van der Waals surface area contributed by atoms with E-state index in [0.717, 1.165) is 50.1 Å². The molecule has 3 heterocycles. The van der Waals surface area contributed by atoms with Crippen LogP contribution >= 0.6 is 22.7 Å². The number of para-hydroxylation sites is 1. The second-order valence-corrected chi connectivity index (χ2v) is 18.5. The Kier molecular flexibility index (Phi) is 8.61. The number of nitrogens with zero attached hydrogens (tertiary/aromatic N) is 1. The standard InChI is InChI=1S/C60H37NOS2/c1-4-20-53-51(14-1)58-46(16-9-21-54(58)62-53)39-27-33-44(34-28-39)61(45-35-29-40(30-36-45)47-17-10-24-57-59(47)52-15-3-6-23-56(52)63-57)43-31-25-38(26-32-43)41-11-7-12-42(37-41)48-18-8-19-50-49-13-2-5-22-55(49)64-60(48)50/h1-37H. The lowest BCUT2D eigenvalue weighted by Gasteiger charge is -2.26. The molecule has 300 valence electrons. The van der Waals surface area contributed by atoms with Gasteiger partial charge in [-0.2, -0.15) is 0 Å². The van der Waals surface area contributed by atoms with Crippen LogP contribution in [0, 0.1) is 0 Å². The van der Waals surface area contributed by atoms with Crippen molar-refractivity contribution in [2.24, 2.45) is 0 Å². The van der Waals surface area contributed by atoms with Crippen LogP contribution in [0.5, 0.6) is 0 Å². The molecule has 3 aromatic heterocycles. The van der Waals surface area contributed by atoms with Crippen LogP contribution in [0.3, 0.4) is 0 Å². The van der Waals surface area contributed by atoms with E-state index in [9.17, 15) is 0 Å². The average Bonchev–Trinajstić information content (AvgIpc) is 4.06. The van der Waals surface area contributed by atoms with E-state index in [-0.39, 0.29) is 0 Å². The highest BCUT2D eigenvalue weighted by atomic mass is 32.1. The Hall–Kier alpha value is -7.76. The van der Waals surface area contributed by atoms with Crippen molar-refractivity contribution in [2.45, 2.75) is 0 Å². The number of hydrogen-bond donors (Lipinski definition) is 0. The maximum atomic E-state index is 6.27. The molecular formula is C60H37NOS2. The lowest BCUT2D eigenvalue weighted by molar-refractivity contribution is 0.669. The number of anilines is 3. The zero-order valence-corrected chi connectivity index (χ0v) is 36.2. The van der Waals surface area contributed by atoms with Gasteiger partial charge in [-0.15, -0.1) is 22.7 Å². The maximum Gasteiger partial charge on any atom is 0.136 e. The van der Waals surface area contributed by atoms with Gasteiger partial charge in [-0.05, 0) is 117 Å². The van der Waals surface area contributed by atoms with Crippen molar-refractivity contribution in [3.63, 3.8) is 0 Å². The molecule has 13 aromatic rings. The molecule has 0 atom stereocenters. The van der Waals surface area contributed by atoms with Gasteiger partial charge >= 0.3 is 0 Å². The summed E-state index contributed by atoms with van der Waals surface area (Å²) >= 11 is 3.74. The highest BCUT2D eigenvalue weighted by molar-refractivity contribution is 7.26. The fourth-order valence-electron chi connectivity index (χ4n) is 9.70. The van der Waals surface area contributed by atoms with E-state index in [0.29, 0.717) is 0 Å². The Labute approximate surface area is 378 Å². The molecule has 0 aliphatic heterocycles. The molecule has 13 rings (SSSR count). The molecule has 4 heteroatoms. The van der Waals surface area contributed by atoms with Crippen molar-refractivity contribution in [2.75, 3.05) is 4.90 Å². The molecule has 0 fully saturated rings. The van der Waals surface area contributed by atoms with Gasteiger partial charge in [0.15, 0.2) is 0 Å². The quantitative estimate of drug-likeness (QED) is 0.159. The Bertz CT molecular complexity index is 3730. The number of furan rings is 1. The fourth-order valence-corrected chi connectivity index (χ4v) is 12.1. The molecule has 2 nitrogen and oxygen atoms in total. The number of fused-ring (bicyclic) bond motifs is 9. The zero-order chi connectivity index (χ0) is 42.1. The highest BCUT2D eigenvalue weighted by Crippen LogP contribution is 2.44. The summed E-state index contributed by atoms with van der Waals surface area (Å²) in [5.41, 5.74) is 14.7. The van der Waals surface area contributed by atoms with E-state index in [1.807, 2.05) is 34.8 Å². The van der Waals surface area contributed by atoms with Crippen LogP contribution in [0.25, 0.3) is 107 Å². The van der Waals surface area contributed by atoms with Crippen LogP contribution < -0.4 is 4.90 Å². The first-order chi connectivity index (χ1) is 31.7. The predicted octanol–water partition coefficient (Wildman–Crippen LogP) is 18.5. The molecule has 10 aromatic carbocycles. The summed E-state index contributed by atoms with van der Waals surface area (Å²) in [4.78, 5) is 2.37. The van der Waals surface area contributed by atoms with Crippen LogP contribution in [0.1, 0.15) is 0 Å². The number of rotatable bonds is 7. The van der Waals surface area contributed by atoms with E-state index in [1.165, 1.54) is 73.7 Å². The molecule has 0 amide bonds. The SMILES string of the molecule is c1cc(-c2ccc(N(c3ccc(-c4cccc5oc6ccccc6c45)cc3)c3ccc(-c4cccc5sc6ccccc6c45)cc3)cc2)cc(-c2cccc3c2sc2ccccc23)c1. The van der Waals surface area contributed by atoms with Crippen molar-refractivity contribution in [3.8, 4) is 44.5 Å². The van der Waals surface area contributed by atoms with E-state index < -0.39 is 0 Å². The zero-order valence-electron chi connectivity index (χ0n) is 34.5. The van der Waals surface area contributed by atoms with Crippen molar-refractivity contribution in [1.29, 1.82) is 0 Å². The fraction of sp³-hybridized carbons (Fsp3) is 0. The molecule has 64 heavy (non-hydrogen) atoms. The van der Waals surface area contributed by atoms with Crippen molar-refractivity contribution in [3.05, 3.63) is 224 Å². The maximum absolute atomic E-state index is 6.27. The molecular weight excluding hydrogens is 815 g/mol. The summed E-state index contributed by atoms with van der Waals surface area (Å²) in [6, 6.07) is 81.6. The third kappa shape index (κ3) is 6.06. The lowest BCUT2D eigenvalue weighted by atomic mass is 9.97.